The molecule has 3 unspecified atom stereocenters. The van der Waals surface area contributed by atoms with Crippen LogP contribution in [0.25, 0.3) is 0 Å². The molecule has 1 aliphatic carbocycles. The molecule has 0 spiro atoms. The number of hydrogen-bond donors (Lipinski definition) is 1. The Morgan fingerprint density at radius 3 is 2.57 bits per heavy atom. The molecule has 21 heavy (non-hydrogen) atoms. The number of benzene rings is 1. The van der Waals surface area contributed by atoms with Gasteiger partial charge in [0.05, 0.1) is 0 Å². The molecule has 3 atom stereocenters. The summed E-state index contributed by atoms with van der Waals surface area (Å²) < 4.78 is 13.0. The Morgan fingerprint density at radius 2 is 1.95 bits per heavy atom. The van der Waals surface area contributed by atoms with Crippen molar-refractivity contribution in [2.75, 3.05) is 13.6 Å². The minimum absolute atomic E-state index is 0.165. The number of nitrogens with two attached hydrogens (primary N) is 1. The van der Waals surface area contributed by atoms with Gasteiger partial charge in [-0.25, -0.2) is 4.39 Å². The van der Waals surface area contributed by atoms with Crippen molar-refractivity contribution in [3.05, 3.63) is 35.6 Å². The Kier molecular flexibility index (Phi) is 6.19. The smallest absolute Gasteiger partial charge is 0.123 e. The van der Waals surface area contributed by atoms with Crippen molar-refractivity contribution in [1.82, 2.24) is 4.90 Å². The molecule has 118 valence electrons. The molecule has 0 saturated heterocycles. The molecule has 2 N–H and O–H groups in total. The quantitative estimate of drug-likeness (QED) is 0.864. The van der Waals surface area contributed by atoms with Gasteiger partial charge in [0.2, 0.25) is 0 Å². The van der Waals surface area contributed by atoms with Gasteiger partial charge < -0.3 is 5.73 Å². The molecule has 0 aliphatic heterocycles. The molecule has 1 aliphatic rings. The van der Waals surface area contributed by atoms with Crippen molar-refractivity contribution < 1.29 is 4.39 Å². The normalized spacial score (nSPS) is 26.2. The summed E-state index contributed by atoms with van der Waals surface area (Å²) in [4.78, 5) is 2.42. The van der Waals surface area contributed by atoms with Crippen molar-refractivity contribution in [2.45, 2.75) is 51.6 Å². The molecule has 1 aromatic rings. The van der Waals surface area contributed by atoms with Crippen LogP contribution >= 0.6 is 0 Å². The van der Waals surface area contributed by atoms with Crippen LogP contribution in [0.15, 0.2) is 24.3 Å². The Morgan fingerprint density at radius 1 is 1.24 bits per heavy atom. The molecular weight excluding hydrogens is 263 g/mol. The summed E-state index contributed by atoms with van der Waals surface area (Å²) in [5.41, 5.74) is 7.16. The summed E-state index contributed by atoms with van der Waals surface area (Å²) in [7, 11) is 2.19. The highest BCUT2D eigenvalue weighted by Crippen LogP contribution is 2.34. The van der Waals surface area contributed by atoms with E-state index in [1.54, 1.807) is 12.1 Å². The van der Waals surface area contributed by atoms with Crippen LogP contribution in [-0.4, -0.2) is 24.5 Å². The molecular formula is C18H29FN2. The summed E-state index contributed by atoms with van der Waals surface area (Å²) >= 11 is 0. The third-order valence-electron chi connectivity index (χ3n) is 4.98. The average molecular weight is 292 g/mol. The number of halogens is 1. The van der Waals surface area contributed by atoms with E-state index in [1.807, 2.05) is 12.1 Å². The summed E-state index contributed by atoms with van der Waals surface area (Å²) in [6.07, 6.45) is 6.44. The van der Waals surface area contributed by atoms with Gasteiger partial charge in [-0.3, -0.25) is 4.90 Å². The van der Waals surface area contributed by atoms with Gasteiger partial charge in [0.1, 0.15) is 5.82 Å². The Balaban J connectivity index is 1.99. The van der Waals surface area contributed by atoms with E-state index in [0.29, 0.717) is 12.0 Å². The van der Waals surface area contributed by atoms with Gasteiger partial charge in [-0.05, 0) is 56.0 Å². The highest BCUT2D eigenvalue weighted by Gasteiger charge is 2.31. The topological polar surface area (TPSA) is 29.3 Å². The zero-order chi connectivity index (χ0) is 15.2. The minimum atomic E-state index is -0.165. The first-order valence-electron chi connectivity index (χ1n) is 8.28. The Hall–Kier alpha value is -0.930. The van der Waals surface area contributed by atoms with E-state index in [0.717, 1.165) is 19.0 Å². The van der Waals surface area contributed by atoms with E-state index >= 15 is 0 Å². The fourth-order valence-corrected chi connectivity index (χ4v) is 3.77. The second-order valence-electron chi connectivity index (χ2n) is 6.57. The maximum absolute atomic E-state index is 13.0. The second-order valence-corrected chi connectivity index (χ2v) is 6.57. The van der Waals surface area contributed by atoms with Gasteiger partial charge in [-0.15, -0.1) is 0 Å². The van der Waals surface area contributed by atoms with Crippen molar-refractivity contribution in [3.63, 3.8) is 0 Å². The second kappa shape index (κ2) is 7.90. The van der Waals surface area contributed by atoms with Crippen molar-refractivity contribution in [2.24, 2.45) is 17.6 Å². The molecule has 1 saturated carbocycles. The van der Waals surface area contributed by atoms with Crippen LogP contribution < -0.4 is 5.73 Å². The molecule has 0 amide bonds. The molecule has 1 fully saturated rings. The monoisotopic (exact) mass is 292 g/mol. The maximum atomic E-state index is 13.0. The lowest BCUT2D eigenvalue weighted by Crippen LogP contribution is -2.44. The van der Waals surface area contributed by atoms with Gasteiger partial charge >= 0.3 is 0 Å². The first-order chi connectivity index (χ1) is 10.1. The van der Waals surface area contributed by atoms with Crippen LogP contribution in [-0.2, 0) is 6.54 Å². The average Bonchev–Trinajstić information content (AvgIpc) is 2.50. The molecule has 0 radical (unpaired) electrons. The standard InChI is InChI=1S/C18H29FN2/c1-3-4-14-5-8-16(12-20)18(11-14)21(2)13-15-6-9-17(19)10-7-15/h6-7,9-10,14,16,18H,3-5,8,11-13,20H2,1-2H3. The number of rotatable bonds is 6. The summed E-state index contributed by atoms with van der Waals surface area (Å²) in [6.45, 7) is 3.92. The number of hydrogen-bond acceptors (Lipinski definition) is 2. The van der Waals surface area contributed by atoms with E-state index in [2.05, 4.69) is 18.9 Å². The molecule has 1 aromatic carbocycles. The minimum Gasteiger partial charge on any atom is -0.330 e. The largest absolute Gasteiger partial charge is 0.330 e. The van der Waals surface area contributed by atoms with Crippen LogP contribution in [0.5, 0.6) is 0 Å². The molecule has 0 aromatic heterocycles. The van der Waals surface area contributed by atoms with Crippen molar-refractivity contribution in [1.29, 1.82) is 0 Å². The van der Waals surface area contributed by atoms with Crippen LogP contribution in [0.4, 0.5) is 4.39 Å². The van der Waals surface area contributed by atoms with Gasteiger partial charge in [0.15, 0.2) is 0 Å². The van der Waals surface area contributed by atoms with Crippen LogP contribution in [0.1, 0.15) is 44.6 Å². The van der Waals surface area contributed by atoms with Crippen molar-refractivity contribution >= 4 is 0 Å². The first kappa shape index (κ1) is 16.4. The fourth-order valence-electron chi connectivity index (χ4n) is 3.77. The van der Waals surface area contributed by atoms with Crippen LogP contribution in [0, 0.1) is 17.7 Å². The van der Waals surface area contributed by atoms with E-state index in [4.69, 9.17) is 5.73 Å². The Bertz CT molecular complexity index is 418. The lowest BCUT2D eigenvalue weighted by atomic mass is 9.76. The molecule has 0 bridgehead atoms. The summed E-state index contributed by atoms with van der Waals surface area (Å²) in [6, 6.07) is 7.42. The summed E-state index contributed by atoms with van der Waals surface area (Å²) in [5, 5.41) is 0. The van der Waals surface area contributed by atoms with Crippen molar-refractivity contribution in [3.8, 4) is 0 Å². The predicted octanol–water partition coefficient (Wildman–Crippen LogP) is 3.80. The van der Waals surface area contributed by atoms with E-state index in [1.165, 1.54) is 37.7 Å². The highest BCUT2D eigenvalue weighted by molar-refractivity contribution is 5.16. The fraction of sp³-hybridized carbons (Fsp3) is 0.667. The lowest BCUT2D eigenvalue weighted by Gasteiger charge is -2.41. The Labute approximate surface area is 128 Å². The van der Waals surface area contributed by atoms with E-state index < -0.39 is 0 Å². The zero-order valence-corrected chi connectivity index (χ0v) is 13.4. The zero-order valence-electron chi connectivity index (χ0n) is 13.4. The lowest BCUT2D eigenvalue weighted by molar-refractivity contribution is 0.0947. The first-order valence-corrected chi connectivity index (χ1v) is 8.28. The van der Waals surface area contributed by atoms with E-state index in [-0.39, 0.29) is 5.82 Å². The van der Waals surface area contributed by atoms with Gasteiger partial charge in [0, 0.05) is 12.6 Å². The van der Waals surface area contributed by atoms with Gasteiger partial charge in [0.25, 0.3) is 0 Å². The molecule has 2 nitrogen and oxygen atoms in total. The van der Waals surface area contributed by atoms with Gasteiger partial charge in [-0.1, -0.05) is 38.3 Å². The predicted molar refractivity (Wildman–Crippen MR) is 86.4 cm³/mol. The van der Waals surface area contributed by atoms with Crippen LogP contribution in [0.3, 0.4) is 0 Å². The summed E-state index contributed by atoms with van der Waals surface area (Å²) in [5.74, 6) is 1.28. The SMILES string of the molecule is CCCC1CCC(CN)C(N(C)Cc2ccc(F)cc2)C1. The third-order valence-corrected chi connectivity index (χ3v) is 4.98. The van der Waals surface area contributed by atoms with Gasteiger partial charge in [-0.2, -0.15) is 0 Å². The molecule has 3 heteroatoms. The molecule has 0 heterocycles. The van der Waals surface area contributed by atoms with Crippen LogP contribution in [0.2, 0.25) is 0 Å². The van der Waals surface area contributed by atoms with E-state index in [9.17, 15) is 4.39 Å². The molecule has 2 rings (SSSR count). The highest BCUT2D eigenvalue weighted by atomic mass is 19.1. The maximum Gasteiger partial charge on any atom is 0.123 e. The number of nitrogens with zero attached hydrogens (tertiary/aromatic N) is 1. The third kappa shape index (κ3) is 4.52.